The third kappa shape index (κ3) is 4.18. The molecule has 0 radical (unpaired) electrons. The first-order valence-electron chi connectivity index (χ1n) is 11.1. The van der Waals surface area contributed by atoms with E-state index in [9.17, 15) is 4.79 Å². The number of ether oxygens (including phenoxy) is 1. The Labute approximate surface area is 186 Å². The van der Waals surface area contributed by atoms with E-state index >= 15 is 0 Å². The topological polar surface area (TPSA) is 89.5 Å². The van der Waals surface area contributed by atoms with E-state index in [-0.39, 0.29) is 12.0 Å². The molecule has 1 amide bonds. The first-order valence-corrected chi connectivity index (χ1v) is 11.1. The minimum Gasteiger partial charge on any atom is -0.365 e. The van der Waals surface area contributed by atoms with Gasteiger partial charge in [0, 0.05) is 38.3 Å². The number of hydrogen-bond donors (Lipinski definition) is 0. The molecule has 32 heavy (non-hydrogen) atoms. The maximum atomic E-state index is 12.7. The molecular weight excluding hydrogens is 408 g/mol. The summed E-state index contributed by atoms with van der Waals surface area (Å²) in [6, 6.07) is 10.2. The molecule has 1 saturated heterocycles. The van der Waals surface area contributed by atoms with Crippen molar-refractivity contribution in [2.45, 2.75) is 46.1 Å². The smallest absolute Gasteiger partial charge is 0.227 e. The lowest BCUT2D eigenvalue weighted by molar-refractivity contribution is -0.132. The molecule has 168 valence electrons. The van der Waals surface area contributed by atoms with Gasteiger partial charge in [0.1, 0.15) is 17.6 Å². The Hall–Kier alpha value is -3.04. The summed E-state index contributed by atoms with van der Waals surface area (Å²) in [6.07, 6.45) is 0.352. The van der Waals surface area contributed by atoms with Gasteiger partial charge >= 0.3 is 0 Å². The number of rotatable bonds is 5. The van der Waals surface area contributed by atoms with Gasteiger partial charge in [-0.15, -0.1) is 5.10 Å². The summed E-state index contributed by atoms with van der Waals surface area (Å²) >= 11 is 0. The van der Waals surface area contributed by atoms with E-state index in [0.717, 1.165) is 53.6 Å². The maximum Gasteiger partial charge on any atom is 0.227 e. The summed E-state index contributed by atoms with van der Waals surface area (Å²) in [5.74, 6) is 0.851. The molecule has 0 N–H and O–H groups in total. The molecular formula is C23H28N6O3. The molecule has 0 saturated carbocycles. The van der Waals surface area contributed by atoms with Crippen molar-refractivity contribution >= 4 is 5.91 Å². The summed E-state index contributed by atoms with van der Waals surface area (Å²) in [4.78, 5) is 17.0. The van der Waals surface area contributed by atoms with Crippen molar-refractivity contribution < 1.29 is 14.1 Å². The first kappa shape index (κ1) is 20.8. The van der Waals surface area contributed by atoms with Gasteiger partial charge in [-0.2, -0.15) is 0 Å². The molecule has 1 aromatic carbocycles. The highest BCUT2D eigenvalue weighted by Crippen LogP contribution is 2.27. The van der Waals surface area contributed by atoms with Crippen molar-refractivity contribution in [3.8, 4) is 0 Å². The van der Waals surface area contributed by atoms with E-state index in [4.69, 9.17) is 9.26 Å². The molecule has 9 nitrogen and oxygen atoms in total. The Morgan fingerprint density at radius 1 is 1.12 bits per heavy atom. The van der Waals surface area contributed by atoms with E-state index in [1.807, 2.05) is 41.6 Å². The summed E-state index contributed by atoms with van der Waals surface area (Å²) in [7, 11) is 0. The second-order valence-corrected chi connectivity index (χ2v) is 8.51. The average Bonchev–Trinajstić information content (AvgIpc) is 3.37. The molecule has 4 heterocycles. The van der Waals surface area contributed by atoms with E-state index in [0.29, 0.717) is 32.7 Å². The van der Waals surface area contributed by atoms with Crippen molar-refractivity contribution in [1.29, 1.82) is 0 Å². The highest BCUT2D eigenvalue weighted by molar-refractivity contribution is 5.79. The second-order valence-electron chi connectivity index (χ2n) is 8.51. The second kappa shape index (κ2) is 8.84. The fourth-order valence-corrected chi connectivity index (χ4v) is 4.44. The molecule has 3 aromatic rings. The zero-order valence-corrected chi connectivity index (χ0v) is 18.5. The Morgan fingerprint density at radius 3 is 2.62 bits per heavy atom. The third-order valence-corrected chi connectivity index (χ3v) is 6.46. The summed E-state index contributed by atoms with van der Waals surface area (Å²) in [5, 5.41) is 12.8. The first-order chi connectivity index (χ1) is 15.6. The monoisotopic (exact) mass is 436 g/mol. The standard InChI is InChI=1S/C23H28N6O3/c1-16-19(17(2)32-25-16)12-23(30)28-10-8-27(9-11-28)13-20-21-15-31-22(14-29(21)26-24-20)18-6-4-3-5-7-18/h3-7,22H,8-15H2,1-2H3/t22-/m1/s1. The molecule has 1 atom stereocenters. The molecule has 2 aromatic heterocycles. The molecule has 0 aliphatic carbocycles. The van der Waals surface area contributed by atoms with E-state index < -0.39 is 0 Å². The van der Waals surface area contributed by atoms with Gasteiger partial charge in [0.05, 0.1) is 31.0 Å². The fraction of sp³-hybridized carbons (Fsp3) is 0.478. The van der Waals surface area contributed by atoms with Crippen LogP contribution in [0.1, 0.15) is 40.1 Å². The van der Waals surface area contributed by atoms with Crippen LogP contribution in [0.15, 0.2) is 34.9 Å². The van der Waals surface area contributed by atoms with Crippen molar-refractivity contribution in [3.05, 3.63) is 64.3 Å². The molecule has 0 spiro atoms. The number of carbonyl (C=O) groups excluding carboxylic acids is 1. The summed E-state index contributed by atoms with van der Waals surface area (Å²) in [5.41, 5.74) is 4.87. The third-order valence-electron chi connectivity index (χ3n) is 6.46. The number of fused-ring (bicyclic) bond motifs is 1. The average molecular weight is 437 g/mol. The Kier molecular flexibility index (Phi) is 5.75. The Balaban J connectivity index is 1.15. The molecule has 0 bridgehead atoms. The van der Waals surface area contributed by atoms with Gasteiger partial charge in [0.2, 0.25) is 5.91 Å². The van der Waals surface area contributed by atoms with E-state index in [1.165, 1.54) is 0 Å². The fourth-order valence-electron chi connectivity index (χ4n) is 4.44. The van der Waals surface area contributed by atoms with Gasteiger partial charge in [-0.05, 0) is 19.4 Å². The molecule has 9 heteroatoms. The van der Waals surface area contributed by atoms with Crippen molar-refractivity contribution in [3.63, 3.8) is 0 Å². The molecule has 0 unspecified atom stereocenters. The predicted octanol–water partition coefficient (Wildman–Crippen LogP) is 2.04. The van der Waals surface area contributed by atoms with Gasteiger partial charge < -0.3 is 14.2 Å². The van der Waals surface area contributed by atoms with Crippen LogP contribution in [0.2, 0.25) is 0 Å². The number of hydrogen-bond acceptors (Lipinski definition) is 7. The number of nitrogens with zero attached hydrogens (tertiary/aromatic N) is 6. The van der Waals surface area contributed by atoms with Crippen LogP contribution in [-0.2, 0) is 35.6 Å². The normalized spacial score (nSPS) is 19.2. The SMILES string of the molecule is Cc1noc(C)c1CC(=O)N1CCN(Cc2nnn3c2CO[C@@H](c2ccccc2)C3)CC1. The van der Waals surface area contributed by atoms with Crippen LogP contribution in [0.5, 0.6) is 0 Å². The minimum atomic E-state index is 0.00510. The van der Waals surface area contributed by atoms with Crippen LogP contribution >= 0.6 is 0 Å². The van der Waals surface area contributed by atoms with Crippen LogP contribution in [0.3, 0.4) is 0 Å². The maximum absolute atomic E-state index is 12.7. The van der Waals surface area contributed by atoms with Crippen molar-refractivity contribution in [2.24, 2.45) is 0 Å². The number of amides is 1. The molecule has 5 rings (SSSR count). The van der Waals surface area contributed by atoms with Gasteiger partial charge in [-0.3, -0.25) is 9.69 Å². The number of piperazine rings is 1. The van der Waals surface area contributed by atoms with Gasteiger partial charge in [-0.1, -0.05) is 40.7 Å². The van der Waals surface area contributed by atoms with Crippen molar-refractivity contribution in [2.75, 3.05) is 26.2 Å². The van der Waals surface area contributed by atoms with Gasteiger partial charge in [0.25, 0.3) is 0 Å². The lowest BCUT2D eigenvalue weighted by Gasteiger charge is -2.34. The van der Waals surface area contributed by atoms with E-state index in [1.54, 1.807) is 0 Å². The summed E-state index contributed by atoms with van der Waals surface area (Å²) in [6.45, 7) is 8.68. The van der Waals surface area contributed by atoms with Crippen LogP contribution < -0.4 is 0 Å². The number of benzene rings is 1. The van der Waals surface area contributed by atoms with Crippen LogP contribution in [0.4, 0.5) is 0 Å². The molecule has 2 aliphatic heterocycles. The highest BCUT2D eigenvalue weighted by Gasteiger charge is 2.28. The quantitative estimate of drug-likeness (QED) is 0.605. The lowest BCUT2D eigenvalue weighted by Crippen LogP contribution is -2.48. The molecule has 2 aliphatic rings. The lowest BCUT2D eigenvalue weighted by atomic mass is 10.1. The predicted molar refractivity (Wildman–Crippen MR) is 116 cm³/mol. The summed E-state index contributed by atoms with van der Waals surface area (Å²) < 4.78 is 13.3. The Bertz CT molecular complexity index is 1070. The van der Waals surface area contributed by atoms with Crippen LogP contribution in [-0.4, -0.2) is 62.0 Å². The largest absolute Gasteiger partial charge is 0.365 e. The van der Waals surface area contributed by atoms with Crippen LogP contribution in [0.25, 0.3) is 0 Å². The van der Waals surface area contributed by atoms with Crippen molar-refractivity contribution in [1.82, 2.24) is 30.0 Å². The van der Waals surface area contributed by atoms with E-state index in [2.05, 4.69) is 32.5 Å². The number of aryl methyl sites for hydroxylation is 2. The molecule has 1 fully saturated rings. The van der Waals surface area contributed by atoms with Gasteiger partial charge in [0.15, 0.2) is 0 Å². The minimum absolute atomic E-state index is 0.00510. The zero-order chi connectivity index (χ0) is 22.1. The number of aromatic nitrogens is 4. The zero-order valence-electron chi connectivity index (χ0n) is 18.5. The Morgan fingerprint density at radius 2 is 1.91 bits per heavy atom. The van der Waals surface area contributed by atoms with Crippen LogP contribution in [0, 0.1) is 13.8 Å². The van der Waals surface area contributed by atoms with Gasteiger partial charge in [-0.25, -0.2) is 4.68 Å². The highest BCUT2D eigenvalue weighted by atomic mass is 16.5. The number of carbonyl (C=O) groups is 1.